The summed E-state index contributed by atoms with van der Waals surface area (Å²) in [6, 6.07) is -0.478. The molecule has 1 unspecified atom stereocenters. The zero-order chi connectivity index (χ0) is 9.84. The summed E-state index contributed by atoms with van der Waals surface area (Å²) in [7, 11) is 0. The van der Waals surface area contributed by atoms with Gasteiger partial charge < -0.3 is 10.2 Å². The smallest absolute Gasteiger partial charge is 0.317 e. The Balaban J connectivity index is 2.35. The van der Waals surface area contributed by atoms with Crippen molar-refractivity contribution in [1.82, 2.24) is 10.2 Å². The highest BCUT2D eigenvalue weighted by atomic mass is 16.2. The van der Waals surface area contributed by atoms with Crippen LogP contribution >= 0.6 is 0 Å². The van der Waals surface area contributed by atoms with Gasteiger partial charge in [-0.15, -0.1) is 0 Å². The number of hydrogen-bond donors (Lipinski definition) is 1. The van der Waals surface area contributed by atoms with Gasteiger partial charge in [-0.1, -0.05) is 0 Å². The molecule has 1 aliphatic rings. The highest BCUT2D eigenvalue weighted by Gasteiger charge is 2.20. The predicted molar refractivity (Wildman–Crippen MR) is 49.5 cm³/mol. The van der Waals surface area contributed by atoms with Crippen molar-refractivity contribution < 1.29 is 9.59 Å². The van der Waals surface area contributed by atoms with E-state index in [9.17, 15) is 9.59 Å². The topological polar surface area (TPSA) is 49.4 Å². The summed E-state index contributed by atoms with van der Waals surface area (Å²) in [5.41, 5.74) is 0. The molecule has 1 heterocycles. The average molecular weight is 184 g/mol. The van der Waals surface area contributed by atoms with Crippen LogP contribution in [0.5, 0.6) is 0 Å². The number of carbonyl (C=O) groups excluding carboxylic acids is 2. The normalized spacial score (nSPS) is 18.5. The summed E-state index contributed by atoms with van der Waals surface area (Å²) < 4.78 is 0. The first-order chi connectivity index (χ1) is 6.11. The van der Waals surface area contributed by atoms with Crippen molar-refractivity contribution >= 4 is 11.8 Å². The summed E-state index contributed by atoms with van der Waals surface area (Å²) in [5.74, 6) is -0.00690. The van der Waals surface area contributed by atoms with Crippen molar-refractivity contribution in [1.29, 1.82) is 0 Å². The molecule has 1 fully saturated rings. The van der Waals surface area contributed by atoms with E-state index in [1.165, 1.54) is 6.92 Å². The molecule has 0 saturated carbocycles. The fourth-order valence-corrected chi connectivity index (χ4v) is 1.30. The van der Waals surface area contributed by atoms with Gasteiger partial charge in [0.05, 0.1) is 6.04 Å². The first-order valence-electron chi connectivity index (χ1n) is 4.67. The maximum atomic E-state index is 11.4. The van der Waals surface area contributed by atoms with Crippen LogP contribution in [0.15, 0.2) is 0 Å². The van der Waals surface area contributed by atoms with Gasteiger partial charge in [0.1, 0.15) is 0 Å². The minimum Gasteiger partial charge on any atom is -0.328 e. The van der Waals surface area contributed by atoms with Crippen molar-refractivity contribution in [3.8, 4) is 0 Å². The monoisotopic (exact) mass is 184 g/mol. The summed E-state index contributed by atoms with van der Waals surface area (Å²) >= 11 is 0. The Kier molecular flexibility index (Phi) is 3.28. The van der Waals surface area contributed by atoms with E-state index in [-0.39, 0.29) is 17.9 Å². The maximum absolute atomic E-state index is 11.4. The fourth-order valence-electron chi connectivity index (χ4n) is 1.30. The highest BCUT2D eigenvalue weighted by Crippen LogP contribution is 2.07. The molecule has 0 spiro atoms. The van der Waals surface area contributed by atoms with Gasteiger partial charge in [0.2, 0.25) is 0 Å². The number of nitrogens with one attached hydrogen (secondary N) is 1. The number of Topliss-reactive ketones (excluding diaryl/α,β-unsaturated/α-hetero) is 1. The summed E-state index contributed by atoms with van der Waals surface area (Å²) in [5, 5.41) is 2.66. The van der Waals surface area contributed by atoms with E-state index >= 15 is 0 Å². The zero-order valence-corrected chi connectivity index (χ0v) is 8.17. The molecule has 0 radical (unpaired) electrons. The molecule has 1 saturated heterocycles. The third kappa shape index (κ3) is 2.72. The van der Waals surface area contributed by atoms with Crippen LogP contribution in [0.2, 0.25) is 0 Å². The molecule has 0 aromatic rings. The molecule has 1 aliphatic heterocycles. The maximum Gasteiger partial charge on any atom is 0.317 e. The number of carbonyl (C=O) groups is 2. The van der Waals surface area contributed by atoms with Gasteiger partial charge in [0.25, 0.3) is 0 Å². The van der Waals surface area contributed by atoms with Crippen LogP contribution in [0.1, 0.15) is 26.7 Å². The lowest BCUT2D eigenvalue weighted by molar-refractivity contribution is -0.118. The number of amides is 2. The van der Waals surface area contributed by atoms with Crippen LogP contribution in [0.4, 0.5) is 4.79 Å². The van der Waals surface area contributed by atoms with Crippen molar-refractivity contribution in [2.45, 2.75) is 32.7 Å². The Morgan fingerprint density at radius 3 is 2.31 bits per heavy atom. The minimum absolute atomic E-state index is 0.00690. The molecular formula is C9H16N2O2. The fraction of sp³-hybridized carbons (Fsp3) is 0.778. The molecule has 0 aromatic heterocycles. The van der Waals surface area contributed by atoms with E-state index in [1.807, 2.05) is 0 Å². The Labute approximate surface area is 78.3 Å². The van der Waals surface area contributed by atoms with Gasteiger partial charge >= 0.3 is 6.03 Å². The molecule has 0 aromatic carbocycles. The lowest BCUT2D eigenvalue weighted by Crippen LogP contribution is -2.44. The third-order valence-electron chi connectivity index (χ3n) is 2.34. The van der Waals surface area contributed by atoms with Crippen LogP contribution in [-0.4, -0.2) is 35.8 Å². The largest absolute Gasteiger partial charge is 0.328 e. The van der Waals surface area contributed by atoms with E-state index in [4.69, 9.17) is 0 Å². The van der Waals surface area contributed by atoms with Crippen LogP contribution in [0, 0.1) is 0 Å². The van der Waals surface area contributed by atoms with Gasteiger partial charge in [-0.2, -0.15) is 0 Å². The standard InChI is InChI=1S/C9H16N2O2/c1-7(8(2)12)10-9(13)11-5-3-4-6-11/h7H,3-6H2,1-2H3,(H,10,13). The van der Waals surface area contributed by atoms with Crippen molar-refractivity contribution in [3.05, 3.63) is 0 Å². The summed E-state index contributed by atoms with van der Waals surface area (Å²) in [6.45, 7) is 4.82. The number of hydrogen-bond acceptors (Lipinski definition) is 2. The second-order valence-corrected chi connectivity index (χ2v) is 3.48. The van der Waals surface area contributed by atoms with Crippen LogP contribution in [0.3, 0.4) is 0 Å². The second kappa shape index (κ2) is 4.25. The van der Waals surface area contributed by atoms with Crippen LogP contribution in [0.25, 0.3) is 0 Å². The molecule has 1 rings (SSSR count). The highest BCUT2D eigenvalue weighted by molar-refractivity contribution is 5.86. The number of ketones is 1. The quantitative estimate of drug-likeness (QED) is 0.689. The number of nitrogens with zero attached hydrogens (tertiary/aromatic N) is 1. The summed E-state index contributed by atoms with van der Waals surface area (Å²) in [4.78, 5) is 24.0. The zero-order valence-electron chi connectivity index (χ0n) is 8.17. The van der Waals surface area contributed by atoms with Gasteiger partial charge in [0, 0.05) is 13.1 Å². The molecule has 4 nitrogen and oxygen atoms in total. The van der Waals surface area contributed by atoms with Gasteiger partial charge in [-0.3, -0.25) is 4.79 Å². The van der Waals surface area contributed by atoms with Crippen molar-refractivity contribution in [2.75, 3.05) is 13.1 Å². The number of rotatable bonds is 2. The van der Waals surface area contributed by atoms with Crippen molar-refractivity contribution in [2.24, 2.45) is 0 Å². The van der Waals surface area contributed by atoms with Crippen molar-refractivity contribution in [3.63, 3.8) is 0 Å². The minimum atomic E-state index is -0.367. The lowest BCUT2D eigenvalue weighted by Gasteiger charge is -2.18. The molecule has 2 amide bonds. The van der Waals surface area contributed by atoms with E-state index in [0.717, 1.165) is 25.9 Å². The molecule has 0 bridgehead atoms. The van der Waals surface area contributed by atoms with Gasteiger partial charge in [-0.25, -0.2) is 4.79 Å². The Morgan fingerprint density at radius 2 is 1.85 bits per heavy atom. The molecular weight excluding hydrogens is 168 g/mol. The summed E-state index contributed by atoms with van der Waals surface area (Å²) in [6.07, 6.45) is 2.14. The third-order valence-corrected chi connectivity index (χ3v) is 2.34. The Bertz CT molecular complexity index is 210. The Morgan fingerprint density at radius 1 is 1.31 bits per heavy atom. The van der Waals surface area contributed by atoms with Gasteiger partial charge in [-0.05, 0) is 26.7 Å². The Hall–Kier alpha value is -1.06. The van der Waals surface area contributed by atoms with E-state index in [2.05, 4.69) is 5.32 Å². The van der Waals surface area contributed by atoms with Crippen LogP contribution < -0.4 is 5.32 Å². The first-order valence-corrected chi connectivity index (χ1v) is 4.67. The van der Waals surface area contributed by atoms with E-state index < -0.39 is 0 Å². The SMILES string of the molecule is CC(=O)C(C)NC(=O)N1CCCC1. The van der Waals surface area contributed by atoms with E-state index in [0.29, 0.717) is 0 Å². The molecule has 0 aliphatic carbocycles. The van der Waals surface area contributed by atoms with Gasteiger partial charge in [0.15, 0.2) is 5.78 Å². The molecule has 1 atom stereocenters. The van der Waals surface area contributed by atoms with Crippen LogP contribution in [-0.2, 0) is 4.79 Å². The number of likely N-dealkylation sites (tertiary alicyclic amines) is 1. The molecule has 4 heteroatoms. The predicted octanol–water partition coefficient (Wildman–Crippen LogP) is 0.769. The second-order valence-electron chi connectivity index (χ2n) is 3.48. The average Bonchev–Trinajstić information content (AvgIpc) is 2.55. The molecule has 74 valence electrons. The molecule has 13 heavy (non-hydrogen) atoms. The number of urea groups is 1. The van der Waals surface area contributed by atoms with E-state index in [1.54, 1.807) is 11.8 Å². The lowest BCUT2D eigenvalue weighted by atomic mass is 10.2. The first kappa shape index (κ1) is 10.0. The molecule has 1 N–H and O–H groups in total.